The first-order chi connectivity index (χ1) is 9.45. The number of thioether (sulfide) groups is 2. The van der Waals surface area contributed by atoms with E-state index in [1.54, 1.807) is 11.8 Å². The van der Waals surface area contributed by atoms with E-state index in [1.165, 1.54) is 9.79 Å². The summed E-state index contributed by atoms with van der Waals surface area (Å²) >= 11 is 3.66. The molecule has 0 bridgehead atoms. The van der Waals surface area contributed by atoms with E-state index in [2.05, 4.69) is 34.6 Å². The Bertz CT molecular complexity index is 405. The summed E-state index contributed by atoms with van der Waals surface area (Å²) in [4.78, 5) is 6.58. The largest absolute Gasteiger partial charge is 0.265 e. The maximum atomic E-state index is 4.54. The molecule has 0 unspecified atom stereocenters. The van der Waals surface area contributed by atoms with Gasteiger partial charge >= 0.3 is 0 Å². The van der Waals surface area contributed by atoms with Gasteiger partial charge in [0, 0.05) is 28.7 Å². The number of hydrogen-bond acceptors (Lipinski definition) is 3. The summed E-state index contributed by atoms with van der Waals surface area (Å²) in [7, 11) is 0. The molecule has 0 fully saturated rings. The molecule has 0 saturated carbocycles. The summed E-state index contributed by atoms with van der Waals surface area (Å²) in [5.41, 5.74) is 0. The topological polar surface area (TPSA) is 27.0 Å². The van der Waals surface area contributed by atoms with Crippen molar-refractivity contribution < 1.29 is 0 Å². The van der Waals surface area contributed by atoms with Crippen molar-refractivity contribution in [2.24, 2.45) is 0 Å². The summed E-state index contributed by atoms with van der Waals surface area (Å²) in [6, 6.07) is 14.5. The lowest BCUT2D eigenvalue weighted by Gasteiger charge is -2.03. The molecule has 2 aromatic rings. The normalized spacial score (nSPS) is 10.5. The minimum atomic E-state index is 0.851. The summed E-state index contributed by atoms with van der Waals surface area (Å²) in [5.74, 6) is 1.97. The third-order valence-corrected chi connectivity index (χ3v) is 4.46. The molecule has 0 aliphatic carbocycles. The number of nitrogens with zero attached hydrogens (tertiary/aromatic N) is 2. The Balaban J connectivity index is 1.49. The van der Waals surface area contributed by atoms with E-state index >= 15 is 0 Å². The second-order valence-corrected chi connectivity index (χ2v) is 6.11. The van der Waals surface area contributed by atoms with E-state index in [4.69, 9.17) is 0 Å². The van der Waals surface area contributed by atoms with Crippen molar-refractivity contribution in [3.8, 4) is 0 Å². The molecule has 0 aliphatic rings. The van der Waals surface area contributed by atoms with Crippen molar-refractivity contribution in [3.05, 3.63) is 54.9 Å². The molecule has 2 rings (SSSR count). The average Bonchev–Trinajstić information content (AvgIpc) is 2.48. The van der Waals surface area contributed by atoms with E-state index < -0.39 is 0 Å². The minimum Gasteiger partial charge on any atom is -0.265 e. The van der Waals surface area contributed by atoms with Gasteiger partial charge in [0.25, 0.3) is 0 Å². The van der Waals surface area contributed by atoms with Crippen molar-refractivity contribution in [1.29, 1.82) is 0 Å². The number of aromatic nitrogens is 1. The van der Waals surface area contributed by atoms with E-state index in [9.17, 15) is 0 Å². The van der Waals surface area contributed by atoms with Gasteiger partial charge in [-0.25, -0.2) is 5.32 Å². The van der Waals surface area contributed by atoms with Gasteiger partial charge < -0.3 is 0 Å². The number of hydrogen-bond donors (Lipinski definition) is 0. The van der Waals surface area contributed by atoms with Crippen LogP contribution >= 0.6 is 23.5 Å². The van der Waals surface area contributed by atoms with Gasteiger partial charge in [-0.05, 0) is 36.4 Å². The van der Waals surface area contributed by atoms with Gasteiger partial charge in [0.2, 0.25) is 0 Å². The molecule has 4 heteroatoms. The lowest BCUT2D eigenvalue weighted by atomic mass is 10.4. The highest BCUT2D eigenvalue weighted by Crippen LogP contribution is 2.17. The summed E-state index contributed by atoms with van der Waals surface area (Å²) in [6.07, 6.45) is 4.80. The standard InChI is InChI=1S/C15H17N2S2/c1-2-5-14(6-3-1)19-13-17-9-4-12-18-15-7-10-16-11-8-15/h1-3,5-8,10-11H,4,9,12-13H2. The first kappa shape index (κ1) is 14.4. The maximum Gasteiger partial charge on any atom is 0.0637 e. The molecule has 0 amide bonds. The zero-order valence-electron chi connectivity index (χ0n) is 10.7. The number of benzene rings is 1. The molecular formula is C15H17N2S2. The molecule has 1 aromatic heterocycles. The van der Waals surface area contributed by atoms with Crippen LogP contribution in [0, 0.1) is 0 Å². The van der Waals surface area contributed by atoms with Gasteiger partial charge in [0.05, 0.1) is 5.88 Å². The molecule has 0 spiro atoms. The van der Waals surface area contributed by atoms with E-state index in [0.717, 1.165) is 24.6 Å². The predicted molar refractivity (Wildman–Crippen MR) is 83.7 cm³/mol. The molecule has 2 nitrogen and oxygen atoms in total. The van der Waals surface area contributed by atoms with Crippen LogP contribution in [0.4, 0.5) is 0 Å². The molecule has 19 heavy (non-hydrogen) atoms. The fourth-order valence-corrected chi connectivity index (χ4v) is 3.04. The van der Waals surface area contributed by atoms with Crippen LogP contribution in [0.1, 0.15) is 6.42 Å². The third kappa shape index (κ3) is 6.14. The molecule has 99 valence electrons. The van der Waals surface area contributed by atoms with Crippen LogP contribution in [0.5, 0.6) is 0 Å². The van der Waals surface area contributed by atoms with Crippen molar-refractivity contribution in [1.82, 2.24) is 10.3 Å². The van der Waals surface area contributed by atoms with Crippen LogP contribution < -0.4 is 5.32 Å². The monoisotopic (exact) mass is 289 g/mol. The number of pyridine rings is 1. The van der Waals surface area contributed by atoms with Crippen molar-refractivity contribution in [3.63, 3.8) is 0 Å². The summed E-state index contributed by atoms with van der Waals surface area (Å²) in [6.45, 7) is 0.942. The van der Waals surface area contributed by atoms with Crippen molar-refractivity contribution >= 4 is 23.5 Å². The van der Waals surface area contributed by atoms with Crippen LogP contribution in [0.15, 0.2) is 64.6 Å². The average molecular weight is 289 g/mol. The van der Waals surface area contributed by atoms with E-state index in [-0.39, 0.29) is 0 Å². The Morgan fingerprint density at radius 3 is 2.42 bits per heavy atom. The number of rotatable bonds is 8. The molecule has 0 saturated heterocycles. The smallest absolute Gasteiger partial charge is 0.0637 e. The minimum absolute atomic E-state index is 0.851. The first-order valence-electron chi connectivity index (χ1n) is 6.29. The van der Waals surface area contributed by atoms with E-state index in [1.807, 2.05) is 42.4 Å². The Kier molecular flexibility index (Phi) is 6.85. The Hall–Kier alpha value is -0.970. The molecule has 1 aromatic carbocycles. The quantitative estimate of drug-likeness (QED) is 0.544. The lowest BCUT2D eigenvalue weighted by Crippen LogP contribution is -2.06. The van der Waals surface area contributed by atoms with Crippen LogP contribution in [0.3, 0.4) is 0 Å². The van der Waals surface area contributed by atoms with Crippen LogP contribution in [-0.4, -0.2) is 23.2 Å². The molecular weight excluding hydrogens is 272 g/mol. The van der Waals surface area contributed by atoms with Gasteiger partial charge in [0.15, 0.2) is 0 Å². The molecule has 0 atom stereocenters. The second-order valence-electron chi connectivity index (χ2n) is 3.92. The molecule has 0 aliphatic heterocycles. The maximum absolute atomic E-state index is 4.54. The highest BCUT2D eigenvalue weighted by Gasteiger charge is 1.95. The van der Waals surface area contributed by atoms with Crippen LogP contribution in [-0.2, 0) is 0 Å². The van der Waals surface area contributed by atoms with Gasteiger partial charge in [-0.2, -0.15) is 0 Å². The van der Waals surface area contributed by atoms with Crippen molar-refractivity contribution in [2.75, 3.05) is 18.2 Å². The molecule has 1 radical (unpaired) electrons. The SMILES string of the molecule is c1ccc(SC[N]CCCSc2ccncc2)cc1. The molecule has 1 heterocycles. The Morgan fingerprint density at radius 2 is 1.63 bits per heavy atom. The first-order valence-corrected chi connectivity index (χ1v) is 8.26. The summed E-state index contributed by atoms with van der Waals surface area (Å²) in [5, 5.41) is 4.54. The lowest BCUT2D eigenvalue weighted by molar-refractivity contribution is 0.747. The second kappa shape index (κ2) is 9.02. The predicted octanol–water partition coefficient (Wildman–Crippen LogP) is 3.92. The van der Waals surface area contributed by atoms with Crippen LogP contribution in [0.25, 0.3) is 0 Å². The van der Waals surface area contributed by atoms with E-state index in [0.29, 0.717) is 0 Å². The van der Waals surface area contributed by atoms with Crippen molar-refractivity contribution in [2.45, 2.75) is 16.2 Å². The zero-order chi connectivity index (χ0) is 13.2. The fourth-order valence-electron chi connectivity index (χ4n) is 1.50. The van der Waals surface area contributed by atoms with Gasteiger partial charge in [0.1, 0.15) is 0 Å². The highest BCUT2D eigenvalue weighted by molar-refractivity contribution is 7.99. The fraction of sp³-hybridized carbons (Fsp3) is 0.267. The Morgan fingerprint density at radius 1 is 0.895 bits per heavy atom. The molecule has 0 N–H and O–H groups in total. The third-order valence-electron chi connectivity index (χ3n) is 2.44. The van der Waals surface area contributed by atoms with Crippen LogP contribution in [0.2, 0.25) is 0 Å². The highest BCUT2D eigenvalue weighted by atomic mass is 32.2. The zero-order valence-corrected chi connectivity index (χ0v) is 12.4. The summed E-state index contributed by atoms with van der Waals surface area (Å²) < 4.78 is 0. The van der Waals surface area contributed by atoms with Gasteiger partial charge in [-0.3, -0.25) is 4.98 Å². The van der Waals surface area contributed by atoms with Gasteiger partial charge in [-0.1, -0.05) is 18.2 Å². The van der Waals surface area contributed by atoms with Gasteiger partial charge in [-0.15, -0.1) is 23.5 Å². The Labute approximate surface area is 123 Å².